The van der Waals surface area contributed by atoms with Crippen LogP contribution >= 0.6 is 0 Å². The van der Waals surface area contributed by atoms with Gasteiger partial charge in [0, 0.05) is 12.8 Å². The highest BCUT2D eigenvalue weighted by atomic mass is 16.5. The molecule has 0 radical (unpaired) electrons. The molecule has 174 valence electrons. The molecule has 0 spiro atoms. The van der Waals surface area contributed by atoms with Gasteiger partial charge in [0.05, 0.1) is 5.52 Å². The molecule has 0 bridgehead atoms. The number of unbranched alkanes of at least 4 members (excludes halogenated alkanes) is 9. The summed E-state index contributed by atoms with van der Waals surface area (Å²) in [4.78, 5) is 0. The minimum absolute atomic E-state index is 0.505. The highest BCUT2D eigenvalue weighted by Crippen LogP contribution is 2.35. The number of rotatable bonds is 16. The number of hydrogen-bond acceptors (Lipinski definition) is 3. The van der Waals surface area contributed by atoms with E-state index in [1.54, 1.807) is 0 Å². The Balaban J connectivity index is 1.73. The van der Waals surface area contributed by atoms with Crippen LogP contribution < -0.4 is 4.74 Å². The SMILES string of the molecule is CCCCCCCCCCCC(CCCC)(Oc1ccccc1)n1nnc2ccccc21. The largest absolute Gasteiger partial charge is 0.466 e. The molecular weight excluding hydrogens is 394 g/mol. The predicted octanol–water partition coefficient (Wildman–Crippen LogP) is 8.27. The standard InChI is InChI=1S/C28H41N3O/c1-3-5-7-8-9-10-11-12-18-24-28(23-6-4-2,32-25-19-14-13-15-20-25)31-27-22-17-16-21-26(27)29-30-31/h13-17,19-22H,3-12,18,23-24H2,1-2H3. The average Bonchev–Trinajstić information content (AvgIpc) is 3.27. The fourth-order valence-corrected chi connectivity index (χ4v) is 4.52. The summed E-state index contributed by atoms with van der Waals surface area (Å²) in [5.41, 5.74) is 1.47. The van der Waals surface area contributed by atoms with E-state index in [0.717, 1.165) is 48.9 Å². The number of benzene rings is 2. The van der Waals surface area contributed by atoms with Gasteiger partial charge in [-0.05, 0) is 37.1 Å². The second-order valence-corrected chi connectivity index (χ2v) is 9.03. The minimum atomic E-state index is -0.505. The van der Waals surface area contributed by atoms with E-state index in [1.807, 2.05) is 30.3 Å². The van der Waals surface area contributed by atoms with Crippen molar-refractivity contribution >= 4 is 11.0 Å². The molecule has 3 aromatic rings. The Morgan fingerprint density at radius 2 is 1.28 bits per heavy atom. The van der Waals surface area contributed by atoms with Crippen LogP contribution in [-0.2, 0) is 5.72 Å². The summed E-state index contributed by atoms with van der Waals surface area (Å²) >= 11 is 0. The Kier molecular flexibility index (Phi) is 10.1. The van der Waals surface area contributed by atoms with Crippen LogP contribution in [0.5, 0.6) is 5.75 Å². The molecule has 4 heteroatoms. The van der Waals surface area contributed by atoms with Crippen molar-refractivity contribution in [3.63, 3.8) is 0 Å². The molecule has 0 aliphatic rings. The van der Waals surface area contributed by atoms with Gasteiger partial charge in [-0.15, -0.1) is 5.10 Å². The van der Waals surface area contributed by atoms with E-state index in [2.05, 4.69) is 53.1 Å². The Morgan fingerprint density at radius 1 is 0.688 bits per heavy atom. The fourth-order valence-electron chi connectivity index (χ4n) is 4.52. The Morgan fingerprint density at radius 3 is 2.00 bits per heavy atom. The van der Waals surface area contributed by atoms with Gasteiger partial charge in [0.1, 0.15) is 11.3 Å². The van der Waals surface area contributed by atoms with Gasteiger partial charge in [-0.3, -0.25) is 0 Å². The third kappa shape index (κ3) is 6.82. The summed E-state index contributed by atoms with van der Waals surface area (Å²) in [5.74, 6) is 0.902. The Hall–Kier alpha value is -2.36. The van der Waals surface area contributed by atoms with Crippen molar-refractivity contribution in [2.75, 3.05) is 0 Å². The maximum absolute atomic E-state index is 6.79. The lowest BCUT2D eigenvalue weighted by molar-refractivity contribution is -0.0389. The summed E-state index contributed by atoms with van der Waals surface area (Å²) in [5, 5.41) is 9.08. The summed E-state index contributed by atoms with van der Waals surface area (Å²) in [6, 6.07) is 18.4. The number of ether oxygens (including phenoxy) is 1. The first-order valence-electron chi connectivity index (χ1n) is 12.8. The molecule has 0 amide bonds. The zero-order chi connectivity index (χ0) is 22.5. The molecule has 1 heterocycles. The summed E-state index contributed by atoms with van der Waals surface area (Å²) in [6.45, 7) is 4.52. The summed E-state index contributed by atoms with van der Waals surface area (Å²) in [6.07, 6.45) is 16.0. The Labute approximate surface area is 194 Å². The molecule has 4 nitrogen and oxygen atoms in total. The van der Waals surface area contributed by atoms with Gasteiger partial charge in [0.25, 0.3) is 0 Å². The van der Waals surface area contributed by atoms with Gasteiger partial charge >= 0.3 is 0 Å². The highest BCUT2D eigenvalue weighted by molar-refractivity contribution is 5.74. The van der Waals surface area contributed by atoms with Crippen molar-refractivity contribution in [3.8, 4) is 5.75 Å². The maximum atomic E-state index is 6.79. The predicted molar refractivity (Wildman–Crippen MR) is 134 cm³/mol. The van der Waals surface area contributed by atoms with Crippen LogP contribution in [0.4, 0.5) is 0 Å². The number of fused-ring (bicyclic) bond motifs is 1. The van der Waals surface area contributed by atoms with Crippen molar-refractivity contribution in [1.29, 1.82) is 0 Å². The quantitative estimate of drug-likeness (QED) is 0.212. The van der Waals surface area contributed by atoms with E-state index >= 15 is 0 Å². The van der Waals surface area contributed by atoms with Gasteiger partial charge in [0.2, 0.25) is 5.72 Å². The number of aromatic nitrogens is 3. The van der Waals surface area contributed by atoms with Crippen molar-refractivity contribution in [2.45, 2.75) is 103 Å². The second kappa shape index (κ2) is 13.2. The lowest BCUT2D eigenvalue weighted by atomic mass is 9.97. The molecular formula is C28H41N3O. The smallest absolute Gasteiger partial charge is 0.204 e. The van der Waals surface area contributed by atoms with E-state index in [4.69, 9.17) is 4.74 Å². The van der Waals surface area contributed by atoms with Crippen molar-refractivity contribution in [1.82, 2.24) is 15.0 Å². The molecule has 0 saturated carbocycles. The first-order chi connectivity index (χ1) is 15.8. The van der Waals surface area contributed by atoms with Crippen LogP contribution in [0.1, 0.15) is 97.3 Å². The van der Waals surface area contributed by atoms with Crippen LogP contribution in [0.2, 0.25) is 0 Å². The number of hydrogen-bond donors (Lipinski definition) is 0. The highest BCUT2D eigenvalue weighted by Gasteiger charge is 2.36. The van der Waals surface area contributed by atoms with Crippen molar-refractivity contribution in [2.24, 2.45) is 0 Å². The van der Waals surface area contributed by atoms with E-state index in [0.29, 0.717) is 0 Å². The first kappa shape index (κ1) is 24.3. The summed E-state index contributed by atoms with van der Waals surface area (Å²) in [7, 11) is 0. The molecule has 2 aromatic carbocycles. The lowest BCUT2D eigenvalue weighted by Gasteiger charge is -2.35. The molecule has 0 aliphatic carbocycles. The van der Waals surface area contributed by atoms with Gasteiger partial charge < -0.3 is 4.74 Å². The monoisotopic (exact) mass is 435 g/mol. The summed E-state index contributed by atoms with van der Waals surface area (Å²) < 4.78 is 8.85. The fraction of sp³-hybridized carbons (Fsp3) is 0.571. The number of para-hydroxylation sites is 2. The van der Waals surface area contributed by atoms with Gasteiger partial charge in [-0.2, -0.15) is 0 Å². The molecule has 0 saturated heterocycles. The lowest BCUT2D eigenvalue weighted by Crippen LogP contribution is -2.41. The first-order valence-corrected chi connectivity index (χ1v) is 12.8. The second-order valence-electron chi connectivity index (χ2n) is 9.03. The molecule has 1 aromatic heterocycles. The molecule has 0 N–H and O–H groups in total. The third-order valence-corrected chi connectivity index (χ3v) is 6.38. The van der Waals surface area contributed by atoms with E-state index in [1.165, 1.54) is 51.4 Å². The van der Waals surface area contributed by atoms with Crippen LogP contribution in [0, 0.1) is 0 Å². The normalized spacial score (nSPS) is 13.3. The third-order valence-electron chi connectivity index (χ3n) is 6.38. The topological polar surface area (TPSA) is 39.9 Å². The van der Waals surface area contributed by atoms with E-state index in [-0.39, 0.29) is 0 Å². The minimum Gasteiger partial charge on any atom is -0.466 e. The average molecular weight is 436 g/mol. The molecule has 0 aliphatic heterocycles. The van der Waals surface area contributed by atoms with Gasteiger partial charge in [-0.1, -0.05) is 107 Å². The van der Waals surface area contributed by atoms with Gasteiger partial charge in [-0.25, -0.2) is 4.68 Å². The Bertz CT molecular complexity index is 892. The molecule has 1 atom stereocenters. The molecule has 1 unspecified atom stereocenters. The maximum Gasteiger partial charge on any atom is 0.204 e. The van der Waals surface area contributed by atoms with Crippen LogP contribution in [-0.4, -0.2) is 15.0 Å². The molecule has 3 rings (SSSR count). The zero-order valence-corrected chi connectivity index (χ0v) is 20.1. The van der Waals surface area contributed by atoms with Crippen molar-refractivity contribution < 1.29 is 4.74 Å². The zero-order valence-electron chi connectivity index (χ0n) is 20.1. The van der Waals surface area contributed by atoms with Crippen molar-refractivity contribution in [3.05, 3.63) is 54.6 Å². The van der Waals surface area contributed by atoms with Gasteiger partial charge in [0.15, 0.2) is 0 Å². The van der Waals surface area contributed by atoms with Crippen LogP contribution in [0.15, 0.2) is 54.6 Å². The number of nitrogens with zero attached hydrogens (tertiary/aromatic N) is 3. The van der Waals surface area contributed by atoms with Crippen LogP contribution in [0.25, 0.3) is 11.0 Å². The van der Waals surface area contributed by atoms with Crippen LogP contribution in [0.3, 0.4) is 0 Å². The van der Waals surface area contributed by atoms with E-state index in [9.17, 15) is 0 Å². The van der Waals surface area contributed by atoms with E-state index < -0.39 is 5.72 Å². The molecule has 32 heavy (non-hydrogen) atoms. The molecule has 0 fully saturated rings.